The van der Waals surface area contributed by atoms with Gasteiger partial charge in [-0.3, -0.25) is 4.99 Å². The molecule has 0 bridgehead atoms. The predicted molar refractivity (Wildman–Crippen MR) is 113 cm³/mol. The minimum absolute atomic E-state index is 0.161. The van der Waals surface area contributed by atoms with Crippen LogP contribution in [0, 0.1) is 0 Å². The molecule has 1 saturated heterocycles. The second-order valence-corrected chi connectivity index (χ2v) is 10.4. The number of nitrogens with zero attached hydrogens (tertiary/aromatic N) is 4. The number of hydrogen-bond acceptors (Lipinski definition) is 4. The summed E-state index contributed by atoms with van der Waals surface area (Å²) in [6.45, 7) is 7.88. The van der Waals surface area contributed by atoms with Crippen molar-refractivity contribution < 1.29 is 8.42 Å². The molecule has 1 aromatic carbocycles. The van der Waals surface area contributed by atoms with Crippen LogP contribution in [0.3, 0.4) is 0 Å². The Hall–Kier alpha value is -2.35. The molecule has 1 aromatic heterocycles. The van der Waals surface area contributed by atoms with E-state index in [1.165, 1.54) is 0 Å². The maximum atomic E-state index is 12.3. The molecule has 8 heteroatoms. The average molecular weight is 404 g/mol. The fourth-order valence-corrected chi connectivity index (χ4v) is 4.62. The molecule has 2 heterocycles. The van der Waals surface area contributed by atoms with Crippen molar-refractivity contribution in [2.24, 2.45) is 4.99 Å². The molecule has 0 radical (unpaired) electrons. The third kappa shape index (κ3) is 4.55. The Morgan fingerprint density at radius 3 is 2.71 bits per heavy atom. The van der Waals surface area contributed by atoms with E-state index < -0.39 is 14.6 Å². The van der Waals surface area contributed by atoms with Crippen LogP contribution in [-0.2, 0) is 16.3 Å². The highest BCUT2D eigenvalue weighted by Crippen LogP contribution is 2.23. The molecule has 2 aromatic rings. The van der Waals surface area contributed by atoms with Crippen LogP contribution >= 0.6 is 0 Å². The molecular formula is C20H29N5O2S. The number of aliphatic imine (C=N–C) groups is 1. The molecule has 1 N–H and O–H groups in total. The van der Waals surface area contributed by atoms with E-state index in [9.17, 15) is 8.42 Å². The lowest BCUT2D eigenvalue weighted by atomic mass is 10.2. The Morgan fingerprint density at radius 2 is 2.04 bits per heavy atom. The van der Waals surface area contributed by atoms with E-state index in [-0.39, 0.29) is 5.75 Å². The van der Waals surface area contributed by atoms with Gasteiger partial charge in [-0.05, 0) is 44.9 Å². The van der Waals surface area contributed by atoms with Gasteiger partial charge in [0.05, 0.1) is 22.4 Å². The number of rotatable bonds is 5. The van der Waals surface area contributed by atoms with Crippen molar-refractivity contribution in [3.8, 4) is 5.69 Å². The Kier molecular flexibility index (Phi) is 6.07. The number of aromatic nitrogens is 2. The van der Waals surface area contributed by atoms with Gasteiger partial charge >= 0.3 is 0 Å². The van der Waals surface area contributed by atoms with Crippen LogP contribution in [0.5, 0.6) is 0 Å². The van der Waals surface area contributed by atoms with E-state index >= 15 is 0 Å². The van der Waals surface area contributed by atoms with Crippen molar-refractivity contribution in [1.29, 1.82) is 0 Å². The quantitative estimate of drug-likeness (QED) is 0.609. The van der Waals surface area contributed by atoms with Crippen LogP contribution in [0.4, 0.5) is 0 Å². The summed E-state index contributed by atoms with van der Waals surface area (Å²) in [7, 11) is -3.06. The second kappa shape index (κ2) is 8.34. The maximum absolute atomic E-state index is 12.3. The van der Waals surface area contributed by atoms with Crippen LogP contribution in [0.2, 0.25) is 0 Å². The van der Waals surface area contributed by atoms with E-state index in [0.717, 1.165) is 30.2 Å². The molecule has 0 aliphatic carbocycles. The SMILES string of the molecule is CCNC(=NCCc1cnn(-c2ccccc2)c1)N1CCS(=O)(=O)C(C)(C)C1. The van der Waals surface area contributed by atoms with Gasteiger partial charge in [-0.1, -0.05) is 18.2 Å². The van der Waals surface area contributed by atoms with E-state index in [0.29, 0.717) is 19.6 Å². The lowest BCUT2D eigenvalue weighted by Gasteiger charge is -2.39. The van der Waals surface area contributed by atoms with E-state index in [1.54, 1.807) is 13.8 Å². The summed E-state index contributed by atoms with van der Waals surface area (Å²) in [6, 6.07) is 10.0. The monoisotopic (exact) mass is 403 g/mol. The van der Waals surface area contributed by atoms with Crippen molar-refractivity contribution >= 4 is 15.8 Å². The standard InChI is InChI=1S/C20H29N5O2S/c1-4-21-19(24-12-13-28(26,27)20(2,3)16-24)22-11-10-17-14-23-25(15-17)18-8-6-5-7-9-18/h5-9,14-15H,4,10-13,16H2,1-3H3,(H,21,22). The highest BCUT2D eigenvalue weighted by atomic mass is 32.2. The van der Waals surface area contributed by atoms with Crippen molar-refractivity contribution in [2.75, 3.05) is 31.9 Å². The Labute approximate surface area is 167 Å². The first-order valence-electron chi connectivity index (χ1n) is 9.67. The van der Waals surface area contributed by atoms with Crippen LogP contribution in [0.25, 0.3) is 5.69 Å². The molecule has 0 unspecified atom stereocenters. The van der Waals surface area contributed by atoms with Crippen molar-refractivity contribution in [3.63, 3.8) is 0 Å². The largest absolute Gasteiger partial charge is 0.357 e. The Morgan fingerprint density at radius 1 is 1.29 bits per heavy atom. The van der Waals surface area contributed by atoms with Gasteiger partial charge < -0.3 is 10.2 Å². The minimum Gasteiger partial charge on any atom is -0.357 e. The summed E-state index contributed by atoms with van der Waals surface area (Å²) in [5.41, 5.74) is 2.15. The molecule has 1 fully saturated rings. The summed E-state index contributed by atoms with van der Waals surface area (Å²) >= 11 is 0. The maximum Gasteiger partial charge on any atom is 0.194 e. The summed E-state index contributed by atoms with van der Waals surface area (Å²) in [6.07, 6.45) is 4.66. The van der Waals surface area contributed by atoms with Crippen molar-refractivity contribution in [3.05, 3.63) is 48.3 Å². The third-order valence-corrected chi connectivity index (χ3v) is 7.53. The number of para-hydroxylation sites is 1. The van der Waals surface area contributed by atoms with Gasteiger partial charge in [0.2, 0.25) is 0 Å². The molecule has 0 atom stereocenters. The van der Waals surface area contributed by atoms with Crippen LogP contribution < -0.4 is 5.32 Å². The first-order chi connectivity index (χ1) is 13.3. The van der Waals surface area contributed by atoms with E-state index in [1.807, 2.05) is 54.3 Å². The lowest BCUT2D eigenvalue weighted by Crippen LogP contribution is -2.57. The highest BCUT2D eigenvalue weighted by Gasteiger charge is 2.40. The molecular weight excluding hydrogens is 374 g/mol. The first kappa shape index (κ1) is 20.4. The number of benzene rings is 1. The third-order valence-electron chi connectivity index (χ3n) is 5.00. The fraction of sp³-hybridized carbons (Fsp3) is 0.500. The van der Waals surface area contributed by atoms with Crippen molar-refractivity contribution in [2.45, 2.75) is 31.9 Å². The molecule has 28 heavy (non-hydrogen) atoms. The zero-order chi connectivity index (χ0) is 20.2. The summed E-state index contributed by atoms with van der Waals surface area (Å²) in [5, 5.41) is 7.72. The normalized spacial score (nSPS) is 18.8. The highest BCUT2D eigenvalue weighted by molar-refractivity contribution is 7.92. The molecule has 1 aliphatic rings. The van der Waals surface area contributed by atoms with Crippen LogP contribution in [0.15, 0.2) is 47.7 Å². The van der Waals surface area contributed by atoms with Gasteiger partial charge in [-0.25, -0.2) is 13.1 Å². The molecule has 7 nitrogen and oxygen atoms in total. The molecule has 1 aliphatic heterocycles. The van der Waals surface area contributed by atoms with Crippen LogP contribution in [-0.4, -0.2) is 65.7 Å². The topological polar surface area (TPSA) is 79.6 Å². The number of sulfone groups is 1. The lowest BCUT2D eigenvalue weighted by molar-refractivity contribution is 0.353. The average Bonchev–Trinajstić information content (AvgIpc) is 3.13. The van der Waals surface area contributed by atoms with E-state index in [4.69, 9.17) is 4.99 Å². The van der Waals surface area contributed by atoms with Gasteiger partial charge in [0.25, 0.3) is 0 Å². The molecule has 0 spiro atoms. The fourth-order valence-electron chi connectivity index (χ4n) is 3.25. The Balaban J connectivity index is 1.65. The van der Waals surface area contributed by atoms with Crippen LogP contribution in [0.1, 0.15) is 26.3 Å². The number of hydrogen-bond donors (Lipinski definition) is 1. The predicted octanol–water partition coefficient (Wildman–Crippen LogP) is 1.89. The zero-order valence-electron chi connectivity index (χ0n) is 16.8. The summed E-state index contributed by atoms with van der Waals surface area (Å²) in [4.78, 5) is 6.78. The van der Waals surface area contributed by atoms with Gasteiger partial charge in [0.1, 0.15) is 0 Å². The summed E-state index contributed by atoms with van der Waals surface area (Å²) in [5.74, 6) is 0.940. The van der Waals surface area contributed by atoms with Gasteiger partial charge in [0, 0.05) is 32.4 Å². The first-order valence-corrected chi connectivity index (χ1v) is 11.3. The van der Waals surface area contributed by atoms with Gasteiger partial charge in [0.15, 0.2) is 15.8 Å². The molecule has 0 saturated carbocycles. The molecule has 3 rings (SSSR count). The number of nitrogens with one attached hydrogen (secondary N) is 1. The smallest absolute Gasteiger partial charge is 0.194 e. The minimum atomic E-state index is -3.06. The van der Waals surface area contributed by atoms with Gasteiger partial charge in [-0.2, -0.15) is 5.10 Å². The number of guanidine groups is 1. The summed E-state index contributed by atoms with van der Waals surface area (Å²) < 4.78 is 25.6. The molecule has 152 valence electrons. The second-order valence-electron chi connectivity index (χ2n) is 7.61. The Bertz CT molecular complexity index is 919. The van der Waals surface area contributed by atoms with Crippen molar-refractivity contribution in [1.82, 2.24) is 20.0 Å². The van der Waals surface area contributed by atoms with Gasteiger partial charge in [-0.15, -0.1) is 0 Å². The molecule has 0 amide bonds. The zero-order valence-corrected chi connectivity index (χ0v) is 17.6. The van der Waals surface area contributed by atoms with E-state index in [2.05, 4.69) is 15.3 Å².